The first kappa shape index (κ1) is 9.98. The van der Waals surface area contributed by atoms with E-state index in [1.54, 1.807) is 12.1 Å². The molecule has 0 radical (unpaired) electrons. The lowest BCUT2D eigenvalue weighted by Crippen LogP contribution is -2.22. The summed E-state index contributed by atoms with van der Waals surface area (Å²) < 4.78 is 0. The summed E-state index contributed by atoms with van der Waals surface area (Å²) in [6.45, 7) is 2.97. The maximum absolute atomic E-state index is 10.7. The van der Waals surface area contributed by atoms with Crippen LogP contribution in [0.15, 0.2) is 24.3 Å². The maximum Gasteiger partial charge on any atom is 0.335 e. The van der Waals surface area contributed by atoms with E-state index < -0.39 is 5.97 Å². The van der Waals surface area contributed by atoms with Crippen LogP contribution in [0, 0.1) is 0 Å². The van der Waals surface area contributed by atoms with Crippen molar-refractivity contribution in [2.24, 2.45) is 0 Å². The van der Waals surface area contributed by atoms with Gasteiger partial charge in [-0.25, -0.2) is 4.79 Å². The number of likely N-dealkylation sites (N-methyl/N-ethyl adjacent to an activating group) is 1. The van der Waals surface area contributed by atoms with E-state index in [2.05, 4.69) is 16.8 Å². The van der Waals surface area contributed by atoms with Gasteiger partial charge in [0.25, 0.3) is 0 Å². The Bertz CT molecular complexity index is 361. The van der Waals surface area contributed by atoms with Gasteiger partial charge in [-0.2, -0.15) is 0 Å². The molecule has 1 heterocycles. The lowest BCUT2D eigenvalue weighted by atomic mass is 10.2. The molecule has 0 amide bonds. The van der Waals surface area contributed by atoms with Gasteiger partial charge in [0.2, 0.25) is 0 Å². The minimum atomic E-state index is -0.875. The molecule has 4 nitrogen and oxygen atoms in total. The van der Waals surface area contributed by atoms with Crippen molar-refractivity contribution < 1.29 is 9.90 Å². The van der Waals surface area contributed by atoms with Gasteiger partial charge < -0.3 is 10.0 Å². The molecule has 0 aromatic heterocycles. The van der Waals surface area contributed by atoms with E-state index in [1.807, 2.05) is 12.1 Å². The van der Waals surface area contributed by atoms with Crippen molar-refractivity contribution >= 4 is 11.7 Å². The second-order valence-corrected chi connectivity index (χ2v) is 3.84. The summed E-state index contributed by atoms with van der Waals surface area (Å²) in [5, 5.41) is 8.76. The number of nitrogens with zero attached hydrogens (tertiary/aromatic N) is 2. The predicted molar refractivity (Wildman–Crippen MR) is 58.2 cm³/mol. The molecule has 0 bridgehead atoms. The number of hydrogen-bond donors (Lipinski definition) is 1. The van der Waals surface area contributed by atoms with Crippen molar-refractivity contribution in [1.82, 2.24) is 4.90 Å². The minimum absolute atomic E-state index is 0.339. The third-order valence-electron chi connectivity index (χ3n) is 2.64. The molecule has 1 aromatic carbocycles. The number of anilines is 1. The van der Waals surface area contributed by atoms with Gasteiger partial charge in [-0.15, -0.1) is 0 Å². The fourth-order valence-electron chi connectivity index (χ4n) is 1.75. The Balaban J connectivity index is 2.13. The first-order chi connectivity index (χ1) is 7.16. The summed E-state index contributed by atoms with van der Waals surface area (Å²) in [6, 6.07) is 7.02. The van der Waals surface area contributed by atoms with Crippen molar-refractivity contribution in [1.29, 1.82) is 0 Å². The Morgan fingerprint density at radius 1 is 1.27 bits per heavy atom. The van der Waals surface area contributed by atoms with Crippen LogP contribution in [0.25, 0.3) is 0 Å². The van der Waals surface area contributed by atoms with Crippen LogP contribution < -0.4 is 4.90 Å². The first-order valence-electron chi connectivity index (χ1n) is 4.93. The van der Waals surface area contributed by atoms with E-state index in [1.165, 1.54) is 0 Å². The van der Waals surface area contributed by atoms with E-state index in [-0.39, 0.29) is 0 Å². The van der Waals surface area contributed by atoms with Crippen LogP contribution in [0.1, 0.15) is 10.4 Å². The molecule has 80 valence electrons. The van der Waals surface area contributed by atoms with Crippen LogP contribution in [-0.2, 0) is 0 Å². The summed E-state index contributed by atoms with van der Waals surface area (Å²) in [5.41, 5.74) is 1.43. The average molecular weight is 206 g/mol. The molecule has 1 aliphatic rings. The quantitative estimate of drug-likeness (QED) is 0.786. The van der Waals surface area contributed by atoms with Crippen LogP contribution in [-0.4, -0.2) is 42.8 Å². The summed E-state index contributed by atoms with van der Waals surface area (Å²) >= 11 is 0. The van der Waals surface area contributed by atoms with Crippen LogP contribution in [0.4, 0.5) is 5.69 Å². The Hall–Kier alpha value is -1.55. The molecule has 15 heavy (non-hydrogen) atoms. The van der Waals surface area contributed by atoms with Gasteiger partial charge in [0.15, 0.2) is 0 Å². The fourth-order valence-corrected chi connectivity index (χ4v) is 1.75. The number of carboxylic acid groups (broad SMARTS) is 1. The number of carbonyl (C=O) groups is 1. The molecule has 1 aliphatic heterocycles. The lowest BCUT2D eigenvalue weighted by molar-refractivity contribution is 0.0697. The van der Waals surface area contributed by atoms with E-state index in [0.29, 0.717) is 5.56 Å². The number of rotatable bonds is 2. The van der Waals surface area contributed by atoms with Crippen molar-refractivity contribution in [2.75, 3.05) is 31.7 Å². The molecule has 1 aromatic rings. The normalized spacial score (nSPS) is 17.0. The van der Waals surface area contributed by atoms with Crippen molar-refractivity contribution in [3.05, 3.63) is 29.8 Å². The molecule has 0 saturated carbocycles. The van der Waals surface area contributed by atoms with E-state index in [9.17, 15) is 4.79 Å². The number of hydrogen-bond acceptors (Lipinski definition) is 3. The highest BCUT2D eigenvalue weighted by molar-refractivity contribution is 5.88. The van der Waals surface area contributed by atoms with Gasteiger partial charge in [0.1, 0.15) is 0 Å². The van der Waals surface area contributed by atoms with Crippen molar-refractivity contribution in [3.8, 4) is 0 Å². The summed E-state index contributed by atoms with van der Waals surface area (Å²) in [6.07, 6.45) is 0. The summed E-state index contributed by atoms with van der Waals surface area (Å²) in [7, 11) is 2.08. The Morgan fingerprint density at radius 3 is 2.40 bits per heavy atom. The van der Waals surface area contributed by atoms with Crippen LogP contribution in [0.2, 0.25) is 0 Å². The topological polar surface area (TPSA) is 43.8 Å². The molecule has 1 saturated heterocycles. The standard InChI is InChI=1S/C11H14N2O2/c1-12-6-7-13(8-12)10-4-2-9(3-5-10)11(14)15/h2-5H,6-8H2,1H3,(H,14,15). The first-order valence-corrected chi connectivity index (χ1v) is 4.93. The van der Waals surface area contributed by atoms with Crippen LogP contribution in [0.3, 0.4) is 0 Å². The van der Waals surface area contributed by atoms with Gasteiger partial charge in [-0.1, -0.05) is 0 Å². The van der Waals surface area contributed by atoms with Crippen LogP contribution >= 0.6 is 0 Å². The molecule has 2 rings (SSSR count). The van der Waals surface area contributed by atoms with Crippen molar-refractivity contribution in [2.45, 2.75) is 0 Å². The van der Waals surface area contributed by atoms with Gasteiger partial charge in [0, 0.05) is 18.8 Å². The molecule has 0 aliphatic carbocycles. The Morgan fingerprint density at radius 2 is 1.93 bits per heavy atom. The van der Waals surface area contributed by atoms with Crippen molar-refractivity contribution in [3.63, 3.8) is 0 Å². The second-order valence-electron chi connectivity index (χ2n) is 3.84. The summed E-state index contributed by atoms with van der Waals surface area (Å²) in [4.78, 5) is 15.1. The molecular formula is C11H14N2O2. The van der Waals surface area contributed by atoms with E-state index in [4.69, 9.17) is 5.11 Å². The smallest absolute Gasteiger partial charge is 0.335 e. The summed E-state index contributed by atoms with van der Waals surface area (Å²) in [5.74, 6) is -0.875. The van der Waals surface area contributed by atoms with Gasteiger partial charge in [0.05, 0.1) is 12.2 Å². The molecule has 1 N–H and O–H groups in total. The number of carboxylic acids is 1. The largest absolute Gasteiger partial charge is 0.478 e. The molecule has 0 spiro atoms. The predicted octanol–water partition coefficient (Wildman–Crippen LogP) is 1.09. The van der Waals surface area contributed by atoms with Gasteiger partial charge >= 0.3 is 5.97 Å². The fraction of sp³-hybridized carbons (Fsp3) is 0.364. The monoisotopic (exact) mass is 206 g/mol. The maximum atomic E-state index is 10.7. The molecule has 1 fully saturated rings. The Labute approximate surface area is 88.7 Å². The highest BCUT2D eigenvalue weighted by Gasteiger charge is 2.16. The molecular weight excluding hydrogens is 192 g/mol. The van der Waals surface area contributed by atoms with E-state index in [0.717, 1.165) is 25.4 Å². The lowest BCUT2D eigenvalue weighted by Gasteiger charge is -2.17. The van der Waals surface area contributed by atoms with Gasteiger partial charge in [-0.05, 0) is 31.3 Å². The molecule has 0 unspecified atom stereocenters. The third-order valence-corrected chi connectivity index (χ3v) is 2.64. The molecule has 0 atom stereocenters. The Kier molecular flexibility index (Phi) is 2.60. The highest BCUT2D eigenvalue weighted by atomic mass is 16.4. The van der Waals surface area contributed by atoms with Crippen LogP contribution in [0.5, 0.6) is 0 Å². The number of benzene rings is 1. The minimum Gasteiger partial charge on any atom is -0.478 e. The van der Waals surface area contributed by atoms with Gasteiger partial charge in [-0.3, -0.25) is 4.90 Å². The highest BCUT2D eigenvalue weighted by Crippen LogP contribution is 2.18. The second kappa shape index (κ2) is 3.90. The van der Waals surface area contributed by atoms with E-state index >= 15 is 0 Å². The SMILES string of the molecule is CN1CCN(c2ccc(C(=O)O)cc2)C1. The zero-order valence-corrected chi connectivity index (χ0v) is 8.68. The third kappa shape index (κ3) is 2.10. The average Bonchev–Trinajstić information content (AvgIpc) is 2.65. The molecule has 4 heteroatoms. The number of aromatic carboxylic acids is 1. The zero-order chi connectivity index (χ0) is 10.8. The zero-order valence-electron chi connectivity index (χ0n) is 8.68.